The van der Waals surface area contributed by atoms with Crippen LogP contribution in [0.5, 0.6) is 0 Å². The smallest absolute Gasteiger partial charge is 0.408 e. The first kappa shape index (κ1) is 10.3. The van der Waals surface area contributed by atoms with Crippen LogP contribution < -0.4 is 5.32 Å². The molecule has 0 aromatic carbocycles. The summed E-state index contributed by atoms with van der Waals surface area (Å²) in [5, 5.41) is 11.3. The molecule has 2 atom stereocenters. The van der Waals surface area contributed by atoms with E-state index in [2.05, 4.69) is 5.32 Å². The average molecular weight is 213 g/mol. The summed E-state index contributed by atoms with van der Waals surface area (Å²) in [6.45, 7) is 0. The van der Waals surface area contributed by atoms with Crippen LogP contribution in [0.2, 0.25) is 0 Å². The van der Waals surface area contributed by atoms with E-state index in [0.717, 1.165) is 25.7 Å². The summed E-state index contributed by atoms with van der Waals surface area (Å²) in [4.78, 5) is 21.9. The van der Waals surface area contributed by atoms with Gasteiger partial charge >= 0.3 is 12.1 Å². The van der Waals surface area contributed by atoms with Crippen LogP contribution >= 0.6 is 0 Å². The number of rotatable bonds is 2. The van der Waals surface area contributed by atoms with Gasteiger partial charge in [-0.2, -0.15) is 0 Å². The Balaban J connectivity index is 2.05. The number of carbonyl (C=O) groups is 2. The summed E-state index contributed by atoms with van der Waals surface area (Å²) in [7, 11) is 0. The molecule has 0 aromatic heterocycles. The van der Waals surface area contributed by atoms with Crippen molar-refractivity contribution >= 4 is 12.1 Å². The van der Waals surface area contributed by atoms with Gasteiger partial charge in [0.05, 0.1) is 0 Å². The second kappa shape index (κ2) is 4.08. The largest absolute Gasteiger partial charge is 0.480 e. The van der Waals surface area contributed by atoms with E-state index in [0.29, 0.717) is 0 Å². The van der Waals surface area contributed by atoms with Crippen molar-refractivity contribution in [3.8, 4) is 0 Å². The monoisotopic (exact) mass is 213 g/mol. The molecule has 15 heavy (non-hydrogen) atoms. The van der Waals surface area contributed by atoms with Crippen molar-refractivity contribution in [1.29, 1.82) is 0 Å². The van der Waals surface area contributed by atoms with Gasteiger partial charge in [0.2, 0.25) is 0 Å². The molecule has 2 rings (SSSR count). The molecule has 84 valence electrons. The first-order valence-electron chi connectivity index (χ1n) is 5.38. The number of hydrogen-bond donors (Lipinski definition) is 2. The third-order valence-corrected chi connectivity index (χ3v) is 3.23. The summed E-state index contributed by atoms with van der Waals surface area (Å²) in [6, 6.07) is -0.861. The average Bonchev–Trinajstić information content (AvgIpc) is 2.62. The van der Waals surface area contributed by atoms with E-state index in [4.69, 9.17) is 9.84 Å². The molecule has 0 spiro atoms. The molecule has 1 saturated heterocycles. The molecule has 2 N–H and O–H groups in total. The van der Waals surface area contributed by atoms with Gasteiger partial charge in [0.25, 0.3) is 0 Å². The van der Waals surface area contributed by atoms with Crippen molar-refractivity contribution in [1.82, 2.24) is 5.32 Å². The molecule has 5 nitrogen and oxygen atoms in total. The third kappa shape index (κ3) is 2.06. The third-order valence-electron chi connectivity index (χ3n) is 3.23. The predicted molar refractivity (Wildman–Crippen MR) is 51.4 cm³/mol. The second-order valence-electron chi connectivity index (χ2n) is 4.23. The SMILES string of the molecule is O=C1N[C@@H](C(=O)O)[C@H](C2CCCCC2)O1. The van der Waals surface area contributed by atoms with Crippen molar-refractivity contribution in [2.45, 2.75) is 44.2 Å². The van der Waals surface area contributed by atoms with Gasteiger partial charge in [-0.3, -0.25) is 0 Å². The van der Waals surface area contributed by atoms with Crippen molar-refractivity contribution in [3.05, 3.63) is 0 Å². The first-order chi connectivity index (χ1) is 7.18. The van der Waals surface area contributed by atoms with Crippen LogP contribution in [0, 0.1) is 5.92 Å². The number of ether oxygens (including phenoxy) is 1. The Morgan fingerprint density at radius 2 is 2.00 bits per heavy atom. The topological polar surface area (TPSA) is 75.6 Å². The molecule has 0 unspecified atom stereocenters. The van der Waals surface area contributed by atoms with Gasteiger partial charge < -0.3 is 15.2 Å². The van der Waals surface area contributed by atoms with Crippen molar-refractivity contribution in [2.75, 3.05) is 0 Å². The number of carbonyl (C=O) groups excluding carboxylic acids is 1. The normalized spacial score (nSPS) is 32.1. The predicted octanol–water partition coefficient (Wildman–Crippen LogP) is 1.13. The highest BCUT2D eigenvalue weighted by Gasteiger charge is 2.43. The fourth-order valence-corrected chi connectivity index (χ4v) is 2.47. The minimum absolute atomic E-state index is 0.207. The van der Waals surface area contributed by atoms with Crippen LogP contribution in [0.25, 0.3) is 0 Å². The van der Waals surface area contributed by atoms with Crippen LogP contribution in [0.15, 0.2) is 0 Å². The van der Waals surface area contributed by atoms with Crippen LogP contribution in [-0.2, 0) is 9.53 Å². The lowest BCUT2D eigenvalue weighted by atomic mass is 9.83. The van der Waals surface area contributed by atoms with E-state index in [1.165, 1.54) is 6.42 Å². The highest BCUT2D eigenvalue weighted by atomic mass is 16.6. The summed E-state index contributed by atoms with van der Waals surface area (Å²) in [5.74, 6) is -0.796. The first-order valence-corrected chi connectivity index (χ1v) is 5.38. The lowest BCUT2D eigenvalue weighted by Gasteiger charge is -2.27. The van der Waals surface area contributed by atoms with Gasteiger partial charge in [-0.15, -0.1) is 0 Å². The number of amides is 1. The van der Waals surface area contributed by atoms with E-state index in [1.807, 2.05) is 0 Å². The maximum Gasteiger partial charge on any atom is 0.408 e. The van der Waals surface area contributed by atoms with Crippen LogP contribution in [-0.4, -0.2) is 29.3 Å². The molecule has 1 saturated carbocycles. The Labute approximate surface area is 87.8 Å². The highest BCUT2D eigenvalue weighted by Crippen LogP contribution is 2.31. The summed E-state index contributed by atoms with van der Waals surface area (Å²) < 4.78 is 5.04. The van der Waals surface area contributed by atoms with Crippen LogP contribution in [0.4, 0.5) is 4.79 Å². The lowest BCUT2D eigenvalue weighted by molar-refractivity contribution is -0.141. The zero-order valence-corrected chi connectivity index (χ0v) is 8.44. The molecule has 1 heterocycles. The molecular formula is C10H15NO4. The van der Waals surface area contributed by atoms with Gasteiger partial charge in [0, 0.05) is 0 Å². The minimum Gasteiger partial charge on any atom is -0.480 e. The number of carboxylic acid groups (broad SMARTS) is 1. The molecular weight excluding hydrogens is 198 g/mol. The molecule has 1 aliphatic heterocycles. The maximum atomic E-state index is 11.0. The maximum absolute atomic E-state index is 11.0. The van der Waals surface area contributed by atoms with E-state index in [1.54, 1.807) is 0 Å². The van der Waals surface area contributed by atoms with Gasteiger partial charge in [0.1, 0.15) is 6.10 Å². The molecule has 1 aliphatic carbocycles. The Kier molecular flexibility index (Phi) is 2.79. The van der Waals surface area contributed by atoms with E-state index in [-0.39, 0.29) is 5.92 Å². The fourth-order valence-electron chi connectivity index (χ4n) is 2.47. The lowest BCUT2D eigenvalue weighted by Crippen LogP contribution is -2.43. The molecule has 0 aromatic rings. The standard InChI is InChI=1S/C10H15NO4/c12-9(13)7-8(15-10(14)11-7)6-4-2-1-3-5-6/h6-8H,1-5H2,(H,11,14)(H,12,13)/t7-,8+/m1/s1. The number of aliphatic carboxylic acids is 1. The number of hydrogen-bond acceptors (Lipinski definition) is 3. The number of carboxylic acids is 1. The van der Waals surface area contributed by atoms with Gasteiger partial charge in [0.15, 0.2) is 6.04 Å². The minimum atomic E-state index is -1.00. The quantitative estimate of drug-likeness (QED) is 0.721. The summed E-state index contributed by atoms with van der Waals surface area (Å²) in [5.41, 5.74) is 0. The second-order valence-corrected chi connectivity index (χ2v) is 4.23. The molecule has 5 heteroatoms. The Hall–Kier alpha value is -1.26. The van der Waals surface area contributed by atoms with Crippen molar-refractivity contribution in [3.63, 3.8) is 0 Å². The Morgan fingerprint density at radius 1 is 1.33 bits per heavy atom. The Bertz CT molecular complexity index is 273. The fraction of sp³-hybridized carbons (Fsp3) is 0.800. The molecule has 1 amide bonds. The van der Waals surface area contributed by atoms with Gasteiger partial charge in [-0.1, -0.05) is 19.3 Å². The van der Waals surface area contributed by atoms with Gasteiger partial charge in [-0.25, -0.2) is 9.59 Å². The number of cyclic esters (lactones) is 1. The molecule has 0 radical (unpaired) electrons. The number of alkyl carbamates (subject to hydrolysis) is 1. The molecule has 2 fully saturated rings. The van der Waals surface area contributed by atoms with Crippen LogP contribution in [0.1, 0.15) is 32.1 Å². The highest BCUT2D eigenvalue weighted by molar-refractivity contribution is 5.83. The van der Waals surface area contributed by atoms with Crippen molar-refractivity contribution < 1.29 is 19.4 Å². The van der Waals surface area contributed by atoms with E-state index in [9.17, 15) is 9.59 Å². The van der Waals surface area contributed by atoms with E-state index >= 15 is 0 Å². The summed E-state index contributed by atoms with van der Waals surface area (Å²) in [6.07, 6.45) is 4.25. The van der Waals surface area contributed by atoms with Crippen LogP contribution in [0.3, 0.4) is 0 Å². The molecule has 2 aliphatic rings. The number of nitrogens with one attached hydrogen (secondary N) is 1. The zero-order valence-electron chi connectivity index (χ0n) is 8.44. The van der Waals surface area contributed by atoms with Gasteiger partial charge in [-0.05, 0) is 18.8 Å². The van der Waals surface area contributed by atoms with E-state index < -0.39 is 24.2 Å². The Morgan fingerprint density at radius 3 is 2.60 bits per heavy atom. The molecule has 0 bridgehead atoms. The zero-order chi connectivity index (χ0) is 10.8. The van der Waals surface area contributed by atoms with Crippen molar-refractivity contribution in [2.24, 2.45) is 5.92 Å². The summed E-state index contributed by atoms with van der Waals surface area (Å²) >= 11 is 0.